The molecule has 0 spiro atoms. The topological polar surface area (TPSA) is 66.5 Å². The Kier molecular flexibility index (Phi) is 2.93. The fourth-order valence-corrected chi connectivity index (χ4v) is 2.32. The summed E-state index contributed by atoms with van der Waals surface area (Å²) in [4.78, 5) is 0. The van der Waals surface area contributed by atoms with Crippen LogP contribution in [0, 0.1) is 0 Å². The van der Waals surface area contributed by atoms with Crippen LogP contribution in [0.1, 0.15) is 35.6 Å². The lowest BCUT2D eigenvalue weighted by Crippen LogP contribution is -2.18. The summed E-state index contributed by atoms with van der Waals surface area (Å²) in [6.45, 7) is -0.0444. The van der Waals surface area contributed by atoms with Gasteiger partial charge < -0.3 is 15.9 Å². The highest BCUT2D eigenvalue weighted by Gasteiger charge is 2.19. The summed E-state index contributed by atoms with van der Waals surface area (Å²) in [5, 5.41) is 18.8. The highest BCUT2D eigenvalue weighted by atomic mass is 16.3. The molecule has 15 heavy (non-hydrogen) atoms. The Labute approximate surface area is 89.5 Å². The van der Waals surface area contributed by atoms with Gasteiger partial charge in [-0.3, -0.25) is 0 Å². The van der Waals surface area contributed by atoms with Crippen molar-refractivity contribution >= 4 is 0 Å². The molecule has 4 N–H and O–H groups in total. The third-order valence-corrected chi connectivity index (χ3v) is 3.14. The molecule has 0 aromatic heterocycles. The molecule has 1 unspecified atom stereocenters. The minimum absolute atomic E-state index is 0.0444. The molecule has 1 atom stereocenters. The number of phenols is 1. The van der Waals surface area contributed by atoms with Crippen molar-refractivity contribution in [1.82, 2.24) is 0 Å². The molecular weight excluding hydrogens is 190 g/mol. The molecule has 0 amide bonds. The van der Waals surface area contributed by atoms with Crippen molar-refractivity contribution in [2.24, 2.45) is 5.73 Å². The van der Waals surface area contributed by atoms with Gasteiger partial charge in [0.1, 0.15) is 5.75 Å². The Morgan fingerprint density at radius 3 is 2.53 bits per heavy atom. The number of hydrogen-bond acceptors (Lipinski definition) is 3. The van der Waals surface area contributed by atoms with Crippen LogP contribution in [0.25, 0.3) is 0 Å². The van der Waals surface area contributed by atoms with Crippen LogP contribution >= 0.6 is 0 Å². The molecule has 3 heteroatoms. The second-order valence-corrected chi connectivity index (χ2v) is 4.13. The van der Waals surface area contributed by atoms with Gasteiger partial charge in [-0.2, -0.15) is 0 Å². The maximum atomic E-state index is 9.73. The number of aromatic hydroxyl groups is 1. The van der Waals surface area contributed by atoms with Crippen LogP contribution in [0.4, 0.5) is 0 Å². The minimum Gasteiger partial charge on any atom is -0.508 e. The number of nitrogens with two attached hydrogens (primary N) is 1. The van der Waals surface area contributed by atoms with E-state index in [1.165, 1.54) is 0 Å². The van der Waals surface area contributed by atoms with Crippen molar-refractivity contribution < 1.29 is 10.2 Å². The maximum absolute atomic E-state index is 9.73. The maximum Gasteiger partial charge on any atom is 0.119 e. The molecule has 1 aliphatic carbocycles. The van der Waals surface area contributed by atoms with E-state index in [0.29, 0.717) is 5.75 Å². The van der Waals surface area contributed by atoms with Crippen LogP contribution in [0.5, 0.6) is 5.75 Å². The summed E-state index contributed by atoms with van der Waals surface area (Å²) in [5.41, 5.74) is 9.01. The molecule has 1 aliphatic rings. The summed E-state index contributed by atoms with van der Waals surface area (Å²) in [6, 6.07) is 3.20. The van der Waals surface area contributed by atoms with Crippen LogP contribution in [0.3, 0.4) is 0 Å². The van der Waals surface area contributed by atoms with Crippen molar-refractivity contribution in [2.75, 3.05) is 6.61 Å². The first-order valence-corrected chi connectivity index (χ1v) is 5.44. The highest BCUT2D eigenvalue weighted by molar-refractivity contribution is 5.46. The van der Waals surface area contributed by atoms with Gasteiger partial charge in [0.15, 0.2) is 0 Å². The Morgan fingerprint density at radius 2 is 1.87 bits per heavy atom. The predicted molar refractivity (Wildman–Crippen MR) is 58.8 cm³/mol. The number of rotatable bonds is 2. The number of benzene rings is 1. The van der Waals surface area contributed by atoms with Crippen LogP contribution in [0.15, 0.2) is 12.1 Å². The highest BCUT2D eigenvalue weighted by Crippen LogP contribution is 2.33. The van der Waals surface area contributed by atoms with E-state index >= 15 is 0 Å². The zero-order valence-corrected chi connectivity index (χ0v) is 8.74. The summed E-state index contributed by atoms with van der Waals surface area (Å²) in [7, 11) is 0. The minimum atomic E-state index is -0.322. The third kappa shape index (κ3) is 1.85. The van der Waals surface area contributed by atoms with Crippen LogP contribution in [-0.2, 0) is 12.8 Å². The Bertz CT molecular complexity index is 363. The van der Waals surface area contributed by atoms with Crippen molar-refractivity contribution in [1.29, 1.82) is 0 Å². The lowest BCUT2D eigenvalue weighted by Gasteiger charge is -2.22. The number of aliphatic hydroxyl groups is 1. The van der Waals surface area contributed by atoms with Gasteiger partial charge in [-0.1, -0.05) is 6.07 Å². The molecule has 0 radical (unpaired) electrons. The van der Waals surface area contributed by atoms with Gasteiger partial charge in [0.2, 0.25) is 0 Å². The van der Waals surface area contributed by atoms with E-state index in [2.05, 4.69) is 0 Å². The van der Waals surface area contributed by atoms with E-state index in [9.17, 15) is 5.11 Å². The lowest BCUT2D eigenvalue weighted by atomic mass is 9.85. The SMILES string of the molecule is NC(CO)c1ccc(O)c2c1CCCC2. The van der Waals surface area contributed by atoms with E-state index < -0.39 is 0 Å². The zero-order chi connectivity index (χ0) is 10.8. The monoisotopic (exact) mass is 207 g/mol. The van der Waals surface area contributed by atoms with Gasteiger partial charge in [0.05, 0.1) is 12.6 Å². The molecule has 0 saturated carbocycles. The van der Waals surface area contributed by atoms with Crippen molar-refractivity contribution in [3.8, 4) is 5.75 Å². The number of hydrogen-bond donors (Lipinski definition) is 3. The molecule has 0 aliphatic heterocycles. The predicted octanol–water partition coefficient (Wildman–Crippen LogP) is 1.26. The average Bonchev–Trinajstić information content (AvgIpc) is 2.29. The van der Waals surface area contributed by atoms with Gasteiger partial charge in [-0.15, -0.1) is 0 Å². The van der Waals surface area contributed by atoms with Gasteiger partial charge in [0.25, 0.3) is 0 Å². The molecule has 82 valence electrons. The van der Waals surface area contributed by atoms with Crippen LogP contribution < -0.4 is 5.73 Å². The van der Waals surface area contributed by atoms with E-state index in [1.807, 2.05) is 6.07 Å². The first kappa shape index (κ1) is 10.5. The smallest absolute Gasteiger partial charge is 0.119 e. The number of fused-ring (bicyclic) bond motifs is 1. The van der Waals surface area contributed by atoms with Crippen LogP contribution in [-0.4, -0.2) is 16.8 Å². The van der Waals surface area contributed by atoms with Crippen molar-refractivity contribution in [2.45, 2.75) is 31.7 Å². The molecule has 0 bridgehead atoms. The normalized spacial score (nSPS) is 17.2. The van der Waals surface area contributed by atoms with Gasteiger partial charge in [-0.25, -0.2) is 0 Å². The number of phenolic OH excluding ortho intramolecular Hbond substituents is 1. The quantitative estimate of drug-likeness (QED) is 0.684. The zero-order valence-electron chi connectivity index (χ0n) is 8.74. The van der Waals surface area contributed by atoms with E-state index in [-0.39, 0.29) is 12.6 Å². The van der Waals surface area contributed by atoms with Gasteiger partial charge >= 0.3 is 0 Å². The second kappa shape index (κ2) is 4.21. The Balaban J connectivity index is 2.48. The molecule has 0 fully saturated rings. The van der Waals surface area contributed by atoms with Gasteiger partial charge in [0, 0.05) is 0 Å². The lowest BCUT2D eigenvalue weighted by molar-refractivity contribution is 0.267. The van der Waals surface area contributed by atoms with E-state index in [1.54, 1.807) is 6.07 Å². The Morgan fingerprint density at radius 1 is 1.20 bits per heavy atom. The average molecular weight is 207 g/mol. The molecule has 0 heterocycles. The van der Waals surface area contributed by atoms with Gasteiger partial charge in [-0.05, 0) is 48.4 Å². The molecule has 2 rings (SSSR count). The van der Waals surface area contributed by atoms with Crippen LogP contribution in [0.2, 0.25) is 0 Å². The summed E-state index contributed by atoms with van der Waals surface area (Å²) in [6.07, 6.45) is 4.15. The molecule has 0 saturated heterocycles. The van der Waals surface area contributed by atoms with E-state index in [4.69, 9.17) is 10.8 Å². The fourth-order valence-electron chi connectivity index (χ4n) is 2.32. The summed E-state index contributed by atoms with van der Waals surface area (Å²) in [5.74, 6) is 0.374. The summed E-state index contributed by atoms with van der Waals surface area (Å²) >= 11 is 0. The van der Waals surface area contributed by atoms with Crippen molar-refractivity contribution in [3.63, 3.8) is 0 Å². The third-order valence-electron chi connectivity index (χ3n) is 3.14. The molecule has 3 nitrogen and oxygen atoms in total. The van der Waals surface area contributed by atoms with E-state index in [0.717, 1.165) is 42.4 Å². The molecular formula is C12H17NO2. The van der Waals surface area contributed by atoms with Crippen molar-refractivity contribution in [3.05, 3.63) is 28.8 Å². The molecule has 1 aromatic carbocycles. The Hall–Kier alpha value is -1.06. The standard InChI is InChI=1S/C12H17NO2/c13-11(7-14)9-5-6-12(15)10-4-2-1-3-8(9)10/h5-6,11,14-15H,1-4,7,13H2. The second-order valence-electron chi connectivity index (χ2n) is 4.13. The molecule has 1 aromatic rings. The fraction of sp³-hybridized carbons (Fsp3) is 0.500. The largest absolute Gasteiger partial charge is 0.508 e. The number of aliphatic hydroxyl groups excluding tert-OH is 1. The first-order valence-electron chi connectivity index (χ1n) is 5.44. The summed E-state index contributed by atoms with van der Waals surface area (Å²) < 4.78 is 0. The first-order chi connectivity index (χ1) is 7.24.